The van der Waals surface area contributed by atoms with Gasteiger partial charge in [-0.3, -0.25) is 4.79 Å². The number of ketones is 1. The van der Waals surface area contributed by atoms with Crippen molar-refractivity contribution < 1.29 is 9.53 Å². The van der Waals surface area contributed by atoms with Gasteiger partial charge in [0, 0.05) is 12.5 Å². The predicted molar refractivity (Wildman–Crippen MR) is 68.7 cm³/mol. The maximum absolute atomic E-state index is 12.2. The largest absolute Gasteiger partial charge is 0.381 e. The second-order valence-corrected chi connectivity index (χ2v) is 5.01. The summed E-state index contributed by atoms with van der Waals surface area (Å²) in [5.74, 6) is -1.09. The number of ether oxygens (including phenoxy) is 1. The summed E-state index contributed by atoms with van der Waals surface area (Å²) >= 11 is 11.7. The zero-order valence-electron chi connectivity index (χ0n) is 9.53. The van der Waals surface area contributed by atoms with E-state index in [9.17, 15) is 10.1 Å². The third-order valence-electron chi connectivity index (χ3n) is 3.02. The number of rotatable bonds is 3. The van der Waals surface area contributed by atoms with E-state index >= 15 is 0 Å². The topological polar surface area (TPSA) is 50.1 Å². The number of carbonyl (C=O) groups excluding carboxylic acids is 1. The van der Waals surface area contributed by atoms with E-state index in [2.05, 4.69) is 0 Å². The van der Waals surface area contributed by atoms with E-state index in [1.165, 1.54) is 0 Å². The van der Waals surface area contributed by atoms with E-state index < -0.39 is 5.92 Å². The second kappa shape index (κ2) is 5.71. The minimum atomic E-state index is -0.800. The summed E-state index contributed by atoms with van der Waals surface area (Å²) in [5.41, 5.74) is 0.587. The first-order chi connectivity index (χ1) is 8.63. The molecule has 3 nitrogen and oxygen atoms in total. The number of Topliss-reactive ketones (excluding diaryl/α,β-unsaturated/α-hetero) is 1. The van der Waals surface area contributed by atoms with Gasteiger partial charge in [-0.05, 0) is 24.1 Å². The number of nitriles is 1. The Bertz CT molecular complexity index is 504. The van der Waals surface area contributed by atoms with Gasteiger partial charge in [-0.25, -0.2) is 0 Å². The van der Waals surface area contributed by atoms with Gasteiger partial charge in [0.15, 0.2) is 5.78 Å². The van der Waals surface area contributed by atoms with Crippen molar-refractivity contribution in [3.63, 3.8) is 0 Å². The average Bonchev–Trinajstić information content (AvgIpc) is 2.88. The molecule has 0 radical (unpaired) electrons. The molecule has 2 unspecified atom stereocenters. The van der Waals surface area contributed by atoms with Crippen LogP contribution in [0.25, 0.3) is 0 Å². The third kappa shape index (κ3) is 2.67. The van der Waals surface area contributed by atoms with Crippen LogP contribution in [-0.4, -0.2) is 19.0 Å². The molecule has 0 saturated carbocycles. The van der Waals surface area contributed by atoms with Gasteiger partial charge in [0.1, 0.15) is 5.92 Å². The smallest absolute Gasteiger partial charge is 0.159 e. The van der Waals surface area contributed by atoms with Gasteiger partial charge in [0.2, 0.25) is 0 Å². The molecule has 1 aromatic rings. The highest BCUT2D eigenvalue weighted by Gasteiger charge is 2.31. The summed E-state index contributed by atoms with van der Waals surface area (Å²) in [6.45, 7) is 0.980. The molecule has 94 valence electrons. The molecule has 5 heteroatoms. The van der Waals surface area contributed by atoms with Crippen LogP contribution in [0.1, 0.15) is 17.9 Å². The molecule has 1 aromatic carbocycles. The van der Waals surface area contributed by atoms with E-state index in [-0.39, 0.29) is 11.7 Å². The third-order valence-corrected chi connectivity index (χ3v) is 3.76. The lowest BCUT2D eigenvalue weighted by Gasteiger charge is -2.13. The minimum Gasteiger partial charge on any atom is -0.381 e. The van der Waals surface area contributed by atoms with Gasteiger partial charge < -0.3 is 4.74 Å². The Labute approximate surface area is 115 Å². The molecule has 0 amide bonds. The standard InChI is InChI=1S/C13H11Cl2NO2/c14-11-2-1-8(5-12(11)15)10(6-16)13(17)9-3-4-18-7-9/h1-2,5,9-10H,3-4,7H2. The number of carbonyl (C=O) groups is 1. The Balaban J connectivity index is 2.25. The van der Waals surface area contributed by atoms with Crippen LogP contribution in [0.5, 0.6) is 0 Å². The van der Waals surface area contributed by atoms with Crippen LogP contribution < -0.4 is 0 Å². The fourth-order valence-corrected chi connectivity index (χ4v) is 2.30. The quantitative estimate of drug-likeness (QED) is 0.856. The zero-order valence-corrected chi connectivity index (χ0v) is 11.0. The number of nitrogens with zero attached hydrogens (tertiary/aromatic N) is 1. The van der Waals surface area contributed by atoms with Gasteiger partial charge >= 0.3 is 0 Å². The molecule has 0 spiro atoms. The molecule has 18 heavy (non-hydrogen) atoms. The fraction of sp³-hybridized carbons (Fsp3) is 0.385. The van der Waals surface area contributed by atoms with Gasteiger partial charge in [-0.15, -0.1) is 0 Å². The lowest BCUT2D eigenvalue weighted by molar-refractivity contribution is -0.123. The van der Waals surface area contributed by atoms with Crippen LogP contribution >= 0.6 is 23.2 Å². The molecule has 0 bridgehead atoms. The van der Waals surface area contributed by atoms with Crippen LogP contribution in [0.4, 0.5) is 0 Å². The highest BCUT2D eigenvalue weighted by Crippen LogP contribution is 2.29. The molecule has 0 aromatic heterocycles. The van der Waals surface area contributed by atoms with Gasteiger partial charge in [-0.1, -0.05) is 29.3 Å². The van der Waals surface area contributed by atoms with Crippen LogP contribution in [-0.2, 0) is 9.53 Å². The van der Waals surface area contributed by atoms with Crippen molar-refractivity contribution in [2.75, 3.05) is 13.2 Å². The van der Waals surface area contributed by atoms with Crippen molar-refractivity contribution in [1.29, 1.82) is 5.26 Å². The fourth-order valence-electron chi connectivity index (χ4n) is 1.99. The first-order valence-corrected chi connectivity index (χ1v) is 6.35. The molecular weight excluding hydrogens is 273 g/mol. The molecule has 0 N–H and O–H groups in total. The molecule has 1 saturated heterocycles. The lowest BCUT2D eigenvalue weighted by atomic mass is 9.88. The second-order valence-electron chi connectivity index (χ2n) is 4.20. The van der Waals surface area contributed by atoms with Gasteiger partial charge in [0.05, 0.1) is 22.7 Å². The van der Waals surface area contributed by atoms with Crippen LogP contribution in [0.15, 0.2) is 18.2 Å². The van der Waals surface area contributed by atoms with E-state index in [0.29, 0.717) is 35.2 Å². The zero-order chi connectivity index (χ0) is 13.1. The summed E-state index contributed by atoms with van der Waals surface area (Å²) in [6.07, 6.45) is 0.679. The number of benzene rings is 1. The Morgan fingerprint density at radius 1 is 1.44 bits per heavy atom. The van der Waals surface area contributed by atoms with Crippen molar-refractivity contribution in [3.8, 4) is 6.07 Å². The van der Waals surface area contributed by atoms with E-state index in [1.807, 2.05) is 6.07 Å². The van der Waals surface area contributed by atoms with Crippen LogP contribution in [0, 0.1) is 17.2 Å². The van der Waals surface area contributed by atoms with Crippen LogP contribution in [0.3, 0.4) is 0 Å². The highest BCUT2D eigenvalue weighted by atomic mass is 35.5. The Morgan fingerprint density at radius 2 is 2.22 bits per heavy atom. The molecule has 1 fully saturated rings. The lowest BCUT2D eigenvalue weighted by Crippen LogP contribution is -2.21. The Morgan fingerprint density at radius 3 is 2.78 bits per heavy atom. The molecule has 2 atom stereocenters. The minimum absolute atomic E-state index is 0.103. The normalized spacial score (nSPS) is 20.4. The molecule has 2 rings (SSSR count). The summed E-state index contributed by atoms with van der Waals surface area (Å²) in [4.78, 5) is 12.2. The summed E-state index contributed by atoms with van der Waals surface area (Å²) < 4.78 is 5.17. The van der Waals surface area contributed by atoms with Crippen molar-refractivity contribution in [2.45, 2.75) is 12.3 Å². The number of hydrogen-bond donors (Lipinski definition) is 0. The number of halogens is 2. The SMILES string of the molecule is N#CC(C(=O)C1CCOC1)c1ccc(Cl)c(Cl)c1. The van der Waals surface area contributed by atoms with E-state index in [4.69, 9.17) is 27.9 Å². The summed E-state index contributed by atoms with van der Waals surface area (Å²) in [7, 11) is 0. The van der Waals surface area contributed by atoms with Crippen molar-refractivity contribution in [3.05, 3.63) is 33.8 Å². The predicted octanol–water partition coefficient (Wildman–Crippen LogP) is 3.21. The van der Waals surface area contributed by atoms with Crippen molar-refractivity contribution in [1.82, 2.24) is 0 Å². The molecule has 1 heterocycles. The first kappa shape index (κ1) is 13.4. The Kier molecular flexibility index (Phi) is 4.23. The summed E-state index contributed by atoms with van der Waals surface area (Å²) in [5, 5.41) is 9.95. The van der Waals surface area contributed by atoms with Gasteiger partial charge in [-0.2, -0.15) is 5.26 Å². The molecular formula is C13H11Cl2NO2. The Hall–Kier alpha value is -1.08. The van der Waals surface area contributed by atoms with Crippen molar-refractivity contribution >= 4 is 29.0 Å². The highest BCUT2D eigenvalue weighted by molar-refractivity contribution is 6.42. The molecule has 0 aliphatic carbocycles. The number of hydrogen-bond acceptors (Lipinski definition) is 3. The summed E-state index contributed by atoms with van der Waals surface area (Å²) in [6, 6.07) is 6.87. The van der Waals surface area contributed by atoms with E-state index in [1.54, 1.807) is 18.2 Å². The average molecular weight is 284 g/mol. The maximum atomic E-state index is 12.2. The molecule has 1 aliphatic heterocycles. The maximum Gasteiger partial charge on any atom is 0.159 e. The van der Waals surface area contributed by atoms with Crippen LogP contribution in [0.2, 0.25) is 10.0 Å². The first-order valence-electron chi connectivity index (χ1n) is 5.59. The van der Waals surface area contributed by atoms with Crippen molar-refractivity contribution in [2.24, 2.45) is 5.92 Å². The molecule has 1 aliphatic rings. The van der Waals surface area contributed by atoms with Gasteiger partial charge in [0.25, 0.3) is 0 Å². The monoisotopic (exact) mass is 283 g/mol. The van der Waals surface area contributed by atoms with E-state index in [0.717, 1.165) is 0 Å².